The van der Waals surface area contributed by atoms with Crippen molar-refractivity contribution in [2.45, 2.75) is 11.8 Å². The van der Waals surface area contributed by atoms with E-state index in [0.29, 0.717) is 5.56 Å². The number of sulfone groups is 1. The molecular formula is C16H12O3S. The van der Waals surface area contributed by atoms with E-state index in [4.69, 9.17) is 0 Å². The van der Waals surface area contributed by atoms with Crippen molar-refractivity contribution in [1.82, 2.24) is 0 Å². The van der Waals surface area contributed by atoms with E-state index in [1.54, 1.807) is 36.4 Å². The Kier molecular flexibility index (Phi) is 4.02. The van der Waals surface area contributed by atoms with Crippen LogP contribution in [0.15, 0.2) is 59.5 Å². The van der Waals surface area contributed by atoms with Crippen molar-refractivity contribution in [2.75, 3.05) is 0 Å². The number of carbonyl (C=O) groups excluding carboxylic acids is 1. The lowest BCUT2D eigenvalue weighted by Gasteiger charge is -1.99. The third kappa shape index (κ3) is 3.14. The topological polar surface area (TPSA) is 51.2 Å². The van der Waals surface area contributed by atoms with Crippen molar-refractivity contribution in [3.63, 3.8) is 0 Å². The minimum absolute atomic E-state index is 0.0320. The lowest BCUT2D eigenvalue weighted by atomic mass is 10.2. The molecule has 100 valence electrons. The molecule has 0 unspecified atom stereocenters. The van der Waals surface area contributed by atoms with Crippen LogP contribution in [-0.2, 0) is 14.6 Å². The van der Waals surface area contributed by atoms with E-state index in [1.165, 1.54) is 12.1 Å². The Morgan fingerprint density at radius 2 is 1.55 bits per heavy atom. The van der Waals surface area contributed by atoms with Crippen LogP contribution in [0.1, 0.15) is 11.1 Å². The second kappa shape index (κ2) is 5.72. The van der Waals surface area contributed by atoms with Gasteiger partial charge in [-0.2, -0.15) is 0 Å². The van der Waals surface area contributed by atoms with E-state index in [-0.39, 0.29) is 4.90 Å². The van der Waals surface area contributed by atoms with Gasteiger partial charge in [-0.15, -0.1) is 0 Å². The maximum Gasteiger partial charge on any atom is 0.324 e. The summed E-state index contributed by atoms with van der Waals surface area (Å²) in [6, 6.07) is 14.9. The summed E-state index contributed by atoms with van der Waals surface area (Å²) in [4.78, 5) is 11.7. The molecule has 2 rings (SSSR count). The van der Waals surface area contributed by atoms with Gasteiger partial charge in [0, 0.05) is 5.56 Å². The van der Waals surface area contributed by atoms with Crippen LogP contribution in [0.3, 0.4) is 0 Å². The maximum atomic E-state index is 12.0. The minimum Gasteiger partial charge on any atom is -0.266 e. The Hall–Kier alpha value is -2.38. The molecule has 0 heterocycles. The van der Waals surface area contributed by atoms with Gasteiger partial charge in [0.15, 0.2) is 0 Å². The molecule has 0 atom stereocenters. The van der Waals surface area contributed by atoms with Crippen molar-refractivity contribution in [3.8, 4) is 11.8 Å². The van der Waals surface area contributed by atoms with E-state index in [1.807, 2.05) is 13.0 Å². The molecule has 4 heteroatoms. The lowest BCUT2D eigenvalue weighted by Crippen LogP contribution is -2.12. The van der Waals surface area contributed by atoms with Gasteiger partial charge in [0.05, 0.1) is 4.90 Å². The molecule has 0 radical (unpaired) electrons. The zero-order valence-corrected chi connectivity index (χ0v) is 11.6. The van der Waals surface area contributed by atoms with Gasteiger partial charge in [0.2, 0.25) is 0 Å². The fourth-order valence-electron chi connectivity index (χ4n) is 1.54. The fraction of sp³-hybridized carbons (Fsp3) is 0.0625. The van der Waals surface area contributed by atoms with Gasteiger partial charge in [-0.1, -0.05) is 41.8 Å². The quantitative estimate of drug-likeness (QED) is 0.755. The molecule has 0 N–H and O–H groups in total. The number of rotatable bonds is 1. The number of aryl methyl sites for hydroxylation is 1. The Labute approximate surface area is 118 Å². The van der Waals surface area contributed by atoms with Crippen LogP contribution in [0.5, 0.6) is 0 Å². The molecule has 0 amide bonds. The van der Waals surface area contributed by atoms with Crippen LogP contribution in [0.4, 0.5) is 0 Å². The first-order valence-corrected chi connectivity index (χ1v) is 7.41. The molecule has 0 spiro atoms. The minimum atomic E-state index is -4.04. The third-order valence-corrected chi connectivity index (χ3v) is 4.14. The molecular weight excluding hydrogens is 272 g/mol. The number of hydrogen-bond donors (Lipinski definition) is 0. The van der Waals surface area contributed by atoms with E-state index in [2.05, 4.69) is 11.8 Å². The van der Waals surface area contributed by atoms with Crippen molar-refractivity contribution in [1.29, 1.82) is 0 Å². The van der Waals surface area contributed by atoms with E-state index in [9.17, 15) is 13.2 Å². The predicted molar refractivity (Wildman–Crippen MR) is 76.7 cm³/mol. The van der Waals surface area contributed by atoms with Crippen LogP contribution in [0.2, 0.25) is 0 Å². The largest absolute Gasteiger partial charge is 0.324 e. The highest BCUT2D eigenvalue weighted by atomic mass is 32.2. The van der Waals surface area contributed by atoms with Gasteiger partial charge in [-0.3, -0.25) is 4.79 Å². The van der Waals surface area contributed by atoms with Crippen molar-refractivity contribution in [3.05, 3.63) is 65.7 Å². The number of carbonyl (C=O) groups is 1. The normalized spacial score (nSPS) is 10.4. The molecule has 0 aliphatic heterocycles. The molecule has 20 heavy (non-hydrogen) atoms. The summed E-state index contributed by atoms with van der Waals surface area (Å²) >= 11 is 0. The first kappa shape index (κ1) is 14.0. The van der Waals surface area contributed by atoms with Gasteiger partial charge < -0.3 is 0 Å². The molecule has 0 aromatic heterocycles. The second-order valence-corrected chi connectivity index (χ2v) is 6.07. The third-order valence-electron chi connectivity index (χ3n) is 2.66. The predicted octanol–water partition coefficient (Wildman–Crippen LogP) is 2.35. The molecule has 2 aromatic carbocycles. The summed E-state index contributed by atoms with van der Waals surface area (Å²) < 4.78 is 24.0. The van der Waals surface area contributed by atoms with Crippen LogP contribution in [-0.4, -0.2) is 13.5 Å². The Balaban J connectivity index is 2.29. The Morgan fingerprint density at radius 1 is 0.950 bits per heavy atom. The van der Waals surface area contributed by atoms with E-state index < -0.39 is 15.0 Å². The monoisotopic (exact) mass is 284 g/mol. The summed E-state index contributed by atoms with van der Waals surface area (Å²) in [7, 11) is -4.04. The zero-order chi connectivity index (χ0) is 14.6. The SMILES string of the molecule is Cc1ccc(S(=O)(=O)C(=O)C#Cc2ccccc2)cc1. The van der Waals surface area contributed by atoms with Crippen LogP contribution in [0.25, 0.3) is 0 Å². The van der Waals surface area contributed by atoms with Crippen molar-refractivity contribution in [2.24, 2.45) is 0 Å². The van der Waals surface area contributed by atoms with Gasteiger partial charge in [-0.05, 0) is 37.1 Å². The molecule has 3 nitrogen and oxygen atoms in total. The summed E-state index contributed by atoms with van der Waals surface area (Å²) in [5.41, 5.74) is 1.52. The zero-order valence-electron chi connectivity index (χ0n) is 10.8. The highest BCUT2D eigenvalue weighted by molar-refractivity contribution is 8.06. The first-order valence-electron chi connectivity index (χ1n) is 5.93. The van der Waals surface area contributed by atoms with Crippen LogP contribution < -0.4 is 0 Å². The van der Waals surface area contributed by atoms with Gasteiger partial charge in [0.25, 0.3) is 9.84 Å². The summed E-state index contributed by atoms with van der Waals surface area (Å²) in [6.07, 6.45) is 0. The van der Waals surface area contributed by atoms with Crippen LogP contribution >= 0.6 is 0 Å². The molecule has 0 bridgehead atoms. The van der Waals surface area contributed by atoms with E-state index in [0.717, 1.165) is 5.56 Å². The number of hydrogen-bond acceptors (Lipinski definition) is 3. The first-order chi connectivity index (χ1) is 9.50. The standard InChI is InChI=1S/C16H12O3S/c1-13-7-10-15(11-8-13)20(18,19)16(17)12-9-14-5-3-2-4-6-14/h2-8,10-11H,1H3. The fourth-order valence-corrected chi connectivity index (χ4v) is 2.43. The Morgan fingerprint density at radius 3 is 2.15 bits per heavy atom. The Bertz CT molecular complexity index is 777. The highest BCUT2D eigenvalue weighted by Crippen LogP contribution is 2.12. The average Bonchev–Trinajstić information content (AvgIpc) is 2.46. The van der Waals surface area contributed by atoms with Gasteiger partial charge in [0.1, 0.15) is 0 Å². The highest BCUT2D eigenvalue weighted by Gasteiger charge is 2.22. The summed E-state index contributed by atoms with van der Waals surface area (Å²) in [5.74, 6) is 4.73. The summed E-state index contributed by atoms with van der Waals surface area (Å²) in [5, 5.41) is -1.09. The van der Waals surface area contributed by atoms with Gasteiger partial charge >= 0.3 is 5.12 Å². The second-order valence-electron chi connectivity index (χ2n) is 4.22. The van der Waals surface area contributed by atoms with Gasteiger partial charge in [-0.25, -0.2) is 8.42 Å². The van der Waals surface area contributed by atoms with E-state index >= 15 is 0 Å². The maximum absolute atomic E-state index is 12.0. The molecule has 0 saturated heterocycles. The summed E-state index contributed by atoms with van der Waals surface area (Å²) in [6.45, 7) is 1.84. The average molecular weight is 284 g/mol. The van der Waals surface area contributed by atoms with Crippen molar-refractivity contribution < 1.29 is 13.2 Å². The molecule has 0 saturated carbocycles. The molecule has 2 aromatic rings. The molecule has 0 fully saturated rings. The number of benzene rings is 2. The molecule has 0 aliphatic rings. The smallest absolute Gasteiger partial charge is 0.266 e. The van der Waals surface area contributed by atoms with Crippen LogP contribution in [0, 0.1) is 18.8 Å². The molecule has 0 aliphatic carbocycles. The van der Waals surface area contributed by atoms with Crippen molar-refractivity contribution >= 4 is 15.0 Å². The lowest BCUT2D eigenvalue weighted by molar-refractivity contribution is -0.107.